The summed E-state index contributed by atoms with van der Waals surface area (Å²) in [7, 11) is 0. The molecule has 0 bridgehead atoms. The predicted molar refractivity (Wildman–Crippen MR) is 81.0 cm³/mol. The minimum Gasteiger partial charge on any atom is -0.354 e. The third-order valence-electron chi connectivity index (χ3n) is 3.71. The summed E-state index contributed by atoms with van der Waals surface area (Å²) in [6.45, 7) is 5.72. The van der Waals surface area contributed by atoms with E-state index in [1.165, 1.54) is 32.1 Å². The Labute approximate surface area is 119 Å². The van der Waals surface area contributed by atoms with Gasteiger partial charge < -0.3 is 4.90 Å². The highest BCUT2D eigenvalue weighted by Gasteiger charge is 2.23. The van der Waals surface area contributed by atoms with Gasteiger partial charge in [0.05, 0.1) is 0 Å². The van der Waals surface area contributed by atoms with Crippen LogP contribution in [0.4, 0.5) is 5.82 Å². The minimum absolute atomic E-state index is 0.700. The van der Waals surface area contributed by atoms with Gasteiger partial charge >= 0.3 is 0 Å². The van der Waals surface area contributed by atoms with Crippen molar-refractivity contribution in [3.8, 4) is 0 Å². The first-order valence-corrected chi connectivity index (χ1v) is 7.85. The maximum Gasteiger partial charge on any atom is 0.130 e. The number of halogens is 1. The fraction of sp³-hybridized carbons (Fsp3) is 0.667. The predicted octanol–water partition coefficient (Wildman–Crippen LogP) is 4.64. The van der Waals surface area contributed by atoms with Gasteiger partial charge in [0.15, 0.2) is 0 Å². The number of aromatic nitrogens is 1. The van der Waals surface area contributed by atoms with E-state index in [1.54, 1.807) is 0 Å². The monoisotopic (exact) mass is 310 g/mol. The molecule has 0 aromatic carbocycles. The molecule has 3 heteroatoms. The molecule has 0 N–H and O–H groups in total. The van der Waals surface area contributed by atoms with Crippen LogP contribution < -0.4 is 4.90 Å². The van der Waals surface area contributed by atoms with Crippen LogP contribution in [-0.4, -0.2) is 17.6 Å². The van der Waals surface area contributed by atoms with Crippen LogP contribution in [0.15, 0.2) is 22.8 Å². The van der Waals surface area contributed by atoms with E-state index in [9.17, 15) is 0 Å². The van der Waals surface area contributed by atoms with E-state index in [0.29, 0.717) is 6.04 Å². The summed E-state index contributed by atoms with van der Waals surface area (Å²) >= 11 is 3.48. The van der Waals surface area contributed by atoms with Crippen molar-refractivity contribution in [2.75, 3.05) is 11.4 Å². The lowest BCUT2D eigenvalue weighted by Crippen LogP contribution is -2.35. The van der Waals surface area contributed by atoms with E-state index < -0.39 is 0 Å². The summed E-state index contributed by atoms with van der Waals surface area (Å²) in [6, 6.07) is 6.93. The standard InChI is InChI=1S/C15H23BrN2/c1-12(2)10-11-18(13-6-3-4-7-13)15-9-5-8-14(16)17-15/h5,8-9,12-13H,3-4,6-7,10-11H2,1-2H3. The van der Waals surface area contributed by atoms with Gasteiger partial charge in [-0.05, 0) is 53.2 Å². The van der Waals surface area contributed by atoms with E-state index in [4.69, 9.17) is 0 Å². The highest BCUT2D eigenvalue weighted by atomic mass is 79.9. The Morgan fingerprint density at radius 1 is 1.33 bits per heavy atom. The van der Waals surface area contributed by atoms with Crippen LogP contribution in [0.1, 0.15) is 46.0 Å². The molecule has 0 radical (unpaired) electrons. The van der Waals surface area contributed by atoms with Gasteiger partial charge in [-0.3, -0.25) is 0 Å². The number of rotatable bonds is 5. The molecule has 1 fully saturated rings. The molecule has 1 aromatic rings. The second-order valence-corrected chi connectivity index (χ2v) is 6.45. The maximum atomic E-state index is 4.64. The van der Waals surface area contributed by atoms with Gasteiger partial charge in [0.25, 0.3) is 0 Å². The molecule has 1 aliphatic rings. The first-order chi connectivity index (χ1) is 8.66. The van der Waals surface area contributed by atoms with Crippen LogP contribution in [-0.2, 0) is 0 Å². The molecule has 0 saturated heterocycles. The molecule has 0 unspecified atom stereocenters. The van der Waals surface area contributed by atoms with E-state index in [0.717, 1.165) is 22.9 Å². The summed E-state index contributed by atoms with van der Waals surface area (Å²) in [4.78, 5) is 7.16. The number of pyridine rings is 1. The molecular formula is C15H23BrN2. The van der Waals surface area contributed by atoms with Gasteiger partial charge in [-0.15, -0.1) is 0 Å². The third-order valence-corrected chi connectivity index (χ3v) is 4.15. The molecule has 18 heavy (non-hydrogen) atoms. The average molecular weight is 311 g/mol. The summed E-state index contributed by atoms with van der Waals surface area (Å²) < 4.78 is 0.938. The van der Waals surface area contributed by atoms with E-state index in [-0.39, 0.29) is 0 Å². The number of anilines is 1. The van der Waals surface area contributed by atoms with Gasteiger partial charge in [-0.25, -0.2) is 4.98 Å². The van der Waals surface area contributed by atoms with Crippen molar-refractivity contribution < 1.29 is 0 Å². The zero-order chi connectivity index (χ0) is 13.0. The summed E-state index contributed by atoms with van der Waals surface area (Å²) in [5.41, 5.74) is 0. The topological polar surface area (TPSA) is 16.1 Å². The molecule has 0 atom stereocenters. The normalized spacial score (nSPS) is 16.4. The molecule has 0 spiro atoms. The Balaban J connectivity index is 2.12. The Bertz CT molecular complexity index is 373. The SMILES string of the molecule is CC(C)CCN(c1cccc(Br)n1)C1CCCC1. The molecule has 2 rings (SSSR count). The lowest BCUT2D eigenvalue weighted by molar-refractivity contribution is 0.525. The first-order valence-electron chi connectivity index (χ1n) is 7.06. The Morgan fingerprint density at radius 3 is 2.67 bits per heavy atom. The van der Waals surface area contributed by atoms with Crippen molar-refractivity contribution in [3.63, 3.8) is 0 Å². The van der Waals surface area contributed by atoms with Crippen LogP contribution in [0, 0.1) is 5.92 Å². The molecule has 1 aliphatic carbocycles. The molecule has 1 aromatic heterocycles. The van der Waals surface area contributed by atoms with Crippen molar-refractivity contribution >= 4 is 21.7 Å². The second kappa shape index (κ2) is 6.55. The Kier molecular flexibility index (Phi) is 5.04. The zero-order valence-electron chi connectivity index (χ0n) is 11.4. The molecular weight excluding hydrogens is 288 g/mol. The molecule has 0 amide bonds. The molecule has 100 valence electrons. The molecule has 1 saturated carbocycles. The van der Waals surface area contributed by atoms with Crippen molar-refractivity contribution in [1.82, 2.24) is 4.98 Å². The van der Waals surface area contributed by atoms with Crippen LogP contribution in [0.25, 0.3) is 0 Å². The van der Waals surface area contributed by atoms with Crippen molar-refractivity contribution in [1.29, 1.82) is 0 Å². The van der Waals surface area contributed by atoms with E-state index in [2.05, 4.69) is 51.8 Å². The number of hydrogen-bond donors (Lipinski definition) is 0. The smallest absolute Gasteiger partial charge is 0.130 e. The van der Waals surface area contributed by atoms with Gasteiger partial charge in [0.1, 0.15) is 10.4 Å². The van der Waals surface area contributed by atoms with Gasteiger partial charge in [-0.2, -0.15) is 0 Å². The van der Waals surface area contributed by atoms with Crippen molar-refractivity contribution in [2.24, 2.45) is 5.92 Å². The van der Waals surface area contributed by atoms with Gasteiger partial charge in [0, 0.05) is 12.6 Å². The van der Waals surface area contributed by atoms with Crippen molar-refractivity contribution in [3.05, 3.63) is 22.8 Å². The fourth-order valence-electron chi connectivity index (χ4n) is 2.65. The second-order valence-electron chi connectivity index (χ2n) is 5.63. The van der Waals surface area contributed by atoms with Crippen LogP contribution in [0.3, 0.4) is 0 Å². The van der Waals surface area contributed by atoms with E-state index >= 15 is 0 Å². The van der Waals surface area contributed by atoms with Gasteiger partial charge in [0.2, 0.25) is 0 Å². The maximum absolute atomic E-state index is 4.64. The Morgan fingerprint density at radius 2 is 2.06 bits per heavy atom. The summed E-state index contributed by atoms with van der Waals surface area (Å²) in [5.74, 6) is 1.89. The Hall–Kier alpha value is -0.570. The largest absolute Gasteiger partial charge is 0.354 e. The fourth-order valence-corrected chi connectivity index (χ4v) is 2.99. The highest BCUT2D eigenvalue weighted by Crippen LogP contribution is 2.28. The average Bonchev–Trinajstić information content (AvgIpc) is 2.83. The highest BCUT2D eigenvalue weighted by molar-refractivity contribution is 9.10. The molecule has 2 nitrogen and oxygen atoms in total. The zero-order valence-corrected chi connectivity index (χ0v) is 13.0. The van der Waals surface area contributed by atoms with Crippen molar-refractivity contribution in [2.45, 2.75) is 52.0 Å². The van der Waals surface area contributed by atoms with Crippen LogP contribution >= 0.6 is 15.9 Å². The quantitative estimate of drug-likeness (QED) is 0.737. The van der Waals surface area contributed by atoms with E-state index in [1.807, 2.05) is 6.07 Å². The first kappa shape index (κ1) is 13.9. The van der Waals surface area contributed by atoms with Crippen LogP contribution in [0.2, 0.25) is 0 Å². The summed E-state index contributed by atoms with van der Waals surface area (Å²) in [6.07, 6.45) is 6.64. The summed E-state index contributed by atoms with van der Waals surface area (Å²) in [5, 5.41) is 0. The molecule has 1 heterocycles. The minimum atomic E-state index is 0.700. The van der Waals surface area contributed by atoms with Gasteiger partial charge in [-0.1, -0.05) is 32.8 Å². The lowest BCUT2D eigenvalue weighted by atomic mass is 10.1. The lowest BCUT2D eigenvalue weighted by Gasteiger charge is -2.31. The third kappa shape index (κ3) is 3.71. The molecule has 0 aliphatic heterocycles. The van der Waals surface area contributed by atoms with Crippen LogP contribution in [0.5, 0.6) is 0 Å². The number of nitrogens with zero attached hydrogens (tertiary/aromatic N) is 2. The number of hydrogen-bond acceptors (Lipinski definition) is 2.